The second-order valence-corrected chi connectivity index (χ2v) is 4.43. The molecule has 18 heavy (non-hydrogen) atoms. The summed E-state index contributed by atoms with van der Waals surface area (Å²) in [4.78, 5) is 12.2. The molecule has 0 radical (unpaired) electrons. The summed E-state index contributed by atoms with van der Waals surface area (Å²) < 4.78 is 1.69. The van der Waals surface area contributed by atoms with E-state index in [0.29, 0.717) is 17.6 Å². The van der Waals surface area contributed by atoms with Gasteiger partial charge in [0, 0.05) is 41.9 Å². The zero-order valence-electron chi connectivity index (χ0n) is 9.92. The minimum Gasteiger partial charge on any atom is -0.508 e. The fourth-order valence-corrected chi connectivity index (χ4v) is 2.25. The van der Waals surface area contributed by atoms with Crippen LogP contribution < -0.4 is 0 Å². The van der Waals surface area contributed by atoms with Crippen molar-refractivity contribution in [3.63, 3.8) is 0 Å². The van der Waals surface area contributed by atoms with E-state index in [2.05, 4.69) is 5.10 Å². The van der Waals surface area contributed by atoms with E-state index in [9.17, 15) is 9.90 Å². The molecule has 0 atom stereocenters. The number of hydrogen-bond acceptors (Lipinski definition) is 3. The molecule has 1 aromatic carbocycles. The number of rotatable bonds is 1. The summed E-state index contributed by atoms with van der Waals surface area (Å²) in [6.45, 7) is 0. The topological polar surface area (TPSA) is 55.1 Å². The van der Waals surface area contributed by atoms with Gasteiger partial charge in [-0.25, -0.2) is 0 Å². The first-order chi connectivity index (χ1) is 8.65. The lowest BCUT2D eigenvalue weighted by Crippen LogP contribution is -1.94. The third kappa shape index (κ3) is 1.62. The molecule has 3 rings (SSSR count). The van der Waals surface area contributed by atoms with Gasteiger partial charge in [0.15, 0.2) is 5.78 Å². The standard InChI is InChI=1S/C14H12N2O2/c1-16-8-9(7-15-16)5-10-6-12-11(14(10)18)3-2-4-13(12)17/h2-5,7-8,17H,6H2,1H3/b10-5+. The van der Waals surface area contributed by atoms with Gasteiger partial charge in [0.2, 0.25) is 0 Å². The summed E-state index contributed by atoms with van der Waals surface area (Å²) in [5.41, 5.74) is 2.91. The van der Waals surface area contributed by atoms with Crippen LogP contribution in [0.2, 0.25) is 0 Å². The smallest absolute Gasteiger partial charge is 0.189 e. The molecule has 1 N–H and O–H groups in total. The van der Waals surface area contributed by atoms with E-state index >= 15 is 0 Å². The fourth-order valence-electron chi connectivity index (χ4n) is 2.25. The van der Waals surface area contributed by atoms with E-state index in [1.165, 1.54) is 0 Å². The van der Waals surface area contributed by atoms with E-state index in [4.69, 9.17) is 0 Å². The zero-order valence-corrected chi connectivity index (χ0v) is 9.92. The Morgan fingerprint density at radius 3 is 2.94 bits per heavy atom. The van der Waals surface area contributed by atoms with Gasteiger partial charge in [0.25, 0.3) is 0 Å². The molecular weight excluding hydrogens is 228 g/mol. The first kappa shape index (κ1) is 10.8. The number of phenols is 1. The molecule has 90 valence electrons. The summed E-state index contributed by atoms with van der Waals surface area (Å²) in [7, 11) is 1.83. The average Bonchev–Trinajstić information content (AvgIpc) is 2.88. The van der Waals surface area contributed by atoms with Gasteiger partial charge in [-0.15, -0.1) is 0 Å². The Balaban J connectivity index is 2.02. The van der Waals surface area contributed by atoms with Gasteiger partial charge >= 0.3 is 0 Å². The van der Waals surface area contributed by atoms with Crippen molar-refractivity contribution >= 4 is 11.9 Å². The highest BCUT2D eigenvalue weighted by Crippen LogP contribution is 2.33. The number of aromatic nitrogens is 2. The molecule has 4 heteroatoms. The Bertz CT molecular complexity index is 668. The minimum atomic E-state index is -0.00949. The Hall–Kier alpha value is -2.36. The van der Waals surface area contributed by atoms with Crippen LogP contribution in [0.4, 0.5) is 0 Å². The average molecular weight is 240 g/mol. The number of phenolic OH excluding ortho intramolecular Hbond substituents is 1. The Kier molecular flexibility index (Phi) is 2.30. The molecule has 0 bridgehead atoms. The van der Waals surface area contributed by atoms with Crippen LogP contribution in [0.25, 0.3) is 6.08 Å². The highest BCUT2D eigenvalue weighted by Gasteiger charge is 2.26. The predicted octanol–water partition coefficient (Wildman–Crippen LogP) is 1.95. The first-order valence-electron chi connectivity index (χ1n) is 5.70. The minimum absolute atomic E-state index is 0.00949. The van der Waals surface area contributed by atoms with E-state index in [0.717, 1.165) is 11.1 Å². The van der Waals surface area contributed by atoms with E-state index in [1.807, 2.05) is 19.3 Å². The molecule has 1 aliphatic rings. The number of carbonyl (C=O) groups excluding carboxylic acids is 1. The van der Waals surface area contributed by atoms with E-state index in [1.54, 1.807) is 29.1 Å². The lowest BCUT2D eigenvalue weighted by atomic mass is 10.1. The normalized spacial score (nSPS) is 16.3. The molecule has 0 aliphatic heterocycles. The number of fused-ring (bicyclic) bond motifs is 1. The number of aromatic hydroxyl groups is 1. The zero-order chi connectivity index (χ0) is 12.7. The molecule has 0 fully saturated rings. The summed E-state index contributed by atoms with van der Waals surface area (Å²) in [5, 5.41) is 13.8. The molecule has 2 aromatic rings. The van der Waals surface area contributed by atoms with Crippen LogP contribution in [0.1, 0.15) is 21.5 Å². The van der Waals surface area contributed by atoms with Crippen LogP contribution in [0.5, 0.6) is 5.75 Å². The number of nitrogens with zero attached hydrogens (tertiary/aromatic N) is 2. The molecule has 4 nitrogen and oxygen atoms in total. The summed E-state index contributed by atoms with van der Waals surface area (Å²) in [6.07, 6.45) is 5.87. The maximum Gasteiger partial charge on any atom is 0.189 e. The molecule has 1 heterocycles. The maximum atomic E-state index is 12.2. The van der Waals surface area contributed by atoms with Gasteiger partial charge in [0.1, 0.15) is 5.75 Å². The number of benzene rings is 1. The number of carbonyl (C=O) groups is 1. The van der Waals surface area contributed by atoms with Crippen molar-refractivity contribution < 1.29 is 9.90 Å². The molecule has 1 aromatic heterocycles. The van der Waals surface area contributed by atoms with E-state index in [-0.39, 0.29) is 11.5 Å². The second-order valence-electron chi connectivity index (χ2n) is 4.43. The lowest BCUT2D eigenvalue weighted by Gasteiger charge is -1.97. The van der Waals surface area contributed by atoms with Crippen molar-refractivity contribution in [3.8, 4) is 5.75 Å². The fraction of sp³-hybridized carbons (Fsp3) is 0.143. The van der Waals surface area contributed by atoms with Gasteiger partial charge in [-0.05, 0) is 12.1 Å². The number of aryl methyl sites for hydroxylation is 1. The van der Waals surface area contributed by atoms with Gasteiger partial charge in [-0.3, -0.25) is 9.48 Å². The van der Waals surface area contributed by atoms with Crippen LogP contribution in [0.15, 0.2) is 36.2 Å². The third-order valence-electron chi connectivity index (χ3n) is 3.12. The van der Waals surface area contributed by atoms with Crippen LogP contribution in [-0.2, 0) is 13.5 Å². The Morgan fingerprint density at radius 1 is 1.44 bits per heavy atom. The summed E-state index contributed by atoms with van der Waals surface area (Å²) in [6, 6.07) is 5.06. The van der Waals surface area contributed by atoms with Crippen LogP contribution in [0.3, 0.4) is 0 Å². The third-order valence-corrected chi connectivity index (χ3v) is 3.12. The largest absolute Gasteiger partial charge is 0.508 e. The van der Waals surface area contributed by atoms with Crippen molar-refractivity contribution in [2.75, 3.05) is 0 Å². The van der Waals surface area contributed by atoms with E-state index < -0.39 is 0 Å². The number of Topliss-reactive ketones (excluding diaryl/α,β-unsaturated/α-hetero) is 1. The van der Waals surface area contributed by atoms with Crippen molar-refractivity contribution in [1.82, 2.24) is 9.78 Å². The summed E-state index contributed by atoms with van der Waals surface area (Å²) >= 11 is 0. The van der Waals surface area contributed by atoms with Crippen LogP contribution in [0, 0.1) is 0 Å². The van der Waals surface area contributed by atoms with Crippen LogP contribution >= 0.6 is 0 Å². The first-order valence-corrected chi connectivity index (χ1v) is 5.70. The Labute approximate surface area is 104 Å². The molecule has 0 saturated heterocycles. The SMILES string of the molecule is Cn1cc(/C=C2\Cc3c(O)cccc3C2=O)cn1. The number of ketones is 1. The lowest BCUT2D eigenvalue weighted by molar-refractivity contribution is 0.104. The van der Waals surface area contributed by atoms with Crippen LogP contribution in [-0.4, -0.2) is 20.7 Å². The number of allylic oxidation sites excluding steroid dienone is 1. The predicted molar refractivity (Wildman–Crippen MR) is 67.3 cm³/mol. The molecular formula is C14H12N2O2. The quantitative estimate of drug-likeness (QED) is 0.775. The van der Waals surface area contributed by atoms with Crippen molar-refractivity contribution in [2.45, 2.75) is 6.42 Å². The molecule has 0 amide bonds. The number of hydrogen-bond donors (Lipinski definition) is 1. The van der Waals surface area contributed by atoms with Gasteiger partial charge in [0.05, 0.1) is 6.20 Å². The van der Waals surface area contributed by atoms with Crippen molar-refractivity contribution in [3.05, 3.63) is 52.9 Å². The van der Waals surface area contributed by atoms with Gasteiger partial charge in [-0.1, -0.05) is 12.1 Å². The summed E-state index contributed by atoms with van der Waals surface area (Å²) in [5.74, 6) is 0.181. The van der Waals surface area contributed by atoms with Gasteiger partial charge in [-0.2, -0.15) is 5.10 Å². The van der Waals surface area contributed by atoms with Crippen molar-refractivity contribution in [1.29, 1.82) is 0 Å². The highest BCUT2D eigenvalue weighted by atomic mass is 16.3. The van der Waals surface area contributed by atoms with Crippen molar-refractivity contribution in [2.24, 2.45) is 7.05 Å². The molecule has 0 spiro atoms. The monoisotopic (exact) mass is 240 g/mol. The van der Waals surface area contributed by atoms with Gasteiger partial charge < -0.3 is 5.11 Å². The molecule has 0 saturated carbocycles. The molecule has 1 aliphatic carbocycles. The maximum absolute atomic E-state index is 12.2. The second kappa shape index (κ2) is 3.84. The Morgan fingerprint density at radius 2 is 2.28 bits per heavy atom. The highest BCUT2D eigenvalue weighted by molar-refractivity contribution is 6.15. The molecule has 0 unspecified atom stereocenters.